The monoisotopic (exact) mass is 166 g/mol. The van der Waals surface area contributed by atoms with Gasteiger partial charge in [0.15, 0.2) is 0 Å². The Bertz CT molecular complexity index is 226. The summed E-state index contributed by atoms with van der Waals surface area (Å²) in [5, 5.41) is 0. The third kappa shape index (κ3) is 1.31. The Labute approximate surface area is 72.6 Å². The van der Waals surface area contributed by atoms with Crippen molar-refractivity contribution in [3.05, 3.63) is 11.6 Å². The second-order valence-electron chi connectivity index (χ2n) is 3.97. The molecule has 0 radical (unpaired) electrons. The summed E-state index contributed by atoms with van der Waals surface area (Å²) in [6.07, 6.45) is 6.11. The molecule has 0 aromatic carbocycles. The molecule has 0 unspecified atom stereocenters. The second kappa shape index (κ2) is 2.70. The number of rotatable bonds is 2. The number of ether oxygens (including phenoxy) is 1. The Balaban J connectivity index is 1.98. The van der Waals surface area contributed by atoms with Crippen LogP contribution in [-0.2, 0) is 9.53 Å². The van der Waals surface area contributed by atoms with Crippen LogP contribution in [-0.4, -0.2) is 18.5 Å². The first kappa shape index (κ1) is 7.99. The number of epoxide rings is 1. The topological polar surface area (TPSA) is 29.6 Å². The number of allylic oxidation sites excluding steroid dienone is 2. The smallest absolute Gasteiger partial charge is 0.145 e. The van der Waals surface area contributed by atoms with Gasteiger partial charge in [0, 0.05) is 0 Å². The van der Waals surface area contributed by atoms with E-state index in [1.165, 1.54) is 0 Å². The minimum Gasteiger partial charge on any atom is -0.370 e. The molecular formula is C10H14O2. The molecule has 0 amide bonds. The van der Waals surface area contributed by atoms with Crippen molar-refractivity contribution in [2.45, 2.75) is 31.8 Å². The van der Waals surface area contributed by atoms with E-state index in [-0.39, 0.29) is 5.60 Å². The van der Waals surface area contributed by atoms with Crippen LogP contribution in [0.3, 0.4) is 0 Å². The zero-order chi connectivity index (χ0) is 8.60. The SMILES string of the molecule is C[C@@]1([C@@H]2CC=C(C=O)CC2)CO1. The normalized spacial score (nSPS) is 40.4. The van der Waals surface area contributed by atoms with Gasteiger partial charge in [-0.3, -0.25) is 4.79 Å². The summed E-state index contributed by atoms with van der Waals surface area (Å²) in [6, 6.07) is 0. The molecule has 66 valence electrons. The van der Waals surface area contributed by atoms with Crippen molar-refractivity contribution >= 4 is 6.29 Å². The zero-order valence-electron chi connectivity index (χ0n) is 7.38. The molecule has 0 saturated carbocycles. The van der Waals surface area contributed by atoms with E-state index in [1.807, 2.05) is 0 Å². The van der Waals surface area contributed by atoms with Crippen molar-refractivity contribution in [1.82, 2.24) is 0 Å². The van der Waals surface area contributed by atoms with E-state index in [9.17, 15) is 4.79 Å². The largest absolute Gasteiger partial charge is 0.370 e. The van der Waals surface area contributed by atoms with Crippen molar-refractivity contribution in [2.75, 3.05) is 6.61 Å². The Morgan fingerprint density at radius 2 is 2.50 bits per heavy atom. The summed E-state index contributed by atoms with van der Waals surface area (Å²) in [4.78, 5) is 10.4. The molecule has 1 heterocycles. The standard InChI is InChI=1S/C10H14O2/c1-10(7-12-10)9-4-2-8(6-11)3-5-9/h2,6,9H,3-5,7H2,1H3/t9-,10+/m1/s1. The molecule has 2 nitrogen and oxygen atoms in total. The van der Waals surface area contributed by atoms with Gasteiger partial charge in [-0.1, -0.05) is 6.08 Å². The van der Waals surface area contributed by atoms with Gasteiger partial charge in [-0.2, -0.15) is 0 Å². The molecule has 2 rings (SSSR count). The molecule has 0 aromatic heterocycles. The van der Waals surface area contributed by atoms with Crippen LogP contribution in [0.25, 0.3) is 0 Å². The van der Waals surface area contributed by atoms with Crippen LogP contribution in [0.1, 0.15) is 26.2 Å². The Kier molecular flexibility index (Phi) is 1.80. The lowest BCUT2D eigenvalue weighted by Gasteiger charge is -2.23. The van der Waals surface area contributed by atoms with E-state index in [4.69, 9.17) is 4.74 Å². The molecule has 0 N–H and O–H groups in total. The molecule has 1 fully saturated rings. The highest BCUT2D eigenvalue weighted by molar-refractivity contribution is 5.73. The lowest BCUT2D eigenvalue weighted by molar-refractivity contribution is -0.105. The molecule has 1 saturated heterocycles. The highest BCUT2D eigenvalue weighted by atomic mass is 16.6. The van der Waals surface area contributed by atoms with Crippen molar-refractivity contribution in [3.8, 4) is 0 Å². The molecule has 2 aliphatic rings. The van der Waals surface area contributed by atoms with E-state index >= 15 is 0 Å². The fourth-order valence-electron chi connectivity index (χ4n) is 1.87. The maximum absolute atomic E-state index is 10.4. The van der Waals surface area contributed by atoms with Crippen LogP contribution in [0, 0.1) is 5.92 Å². The molecular weight excluding hydrogens is 152 g/mol. The third-order valence-corrected chi connectivity index (χ3v) is 3.06. The molecule has 0 bridgehead atoms. The van der Waals surface area contributed by atoms with Gasteiger partial charge >= 0.3 is 0 Å². The van der Waals surface area contributed by atoms with Gasteiger partial charge in [0.25, 0.3) is 0 Å². The van der Waals surface area contributed by atoms with Gasteiger partial charge in [0.05, 0.1) is 12.2 Å². The summed E-state index contributed by atoms with van der Waals surface area (Å²) in [5.74, 6) is 0.640. The fourth-order valence-corrected chi connectivity index (χ4v) is 1.87. The first-order chi connectivity index (χ1) is 5.74. The summed E-state index contributed by atoms with van der Waals surface area (Å²) in [7, 11) is 0. The number of hydrogen-bond acceptors (Lipinski definition) is 2. The molecule has 1 aliphatic carbocycles. The van der Waals surface area contributed by atoms with E-state index in [0.717, 1.165) is 37.7 Å². The van der Waals surface area contributed by atoms with Crippen molar-refractivity contribution in [3.63, 3.8) is 0 Å². The average Bonchev–Trinajstić information content (AvgIpc) is 2.85. The Hall–Kier alpha value is -0.630. The number of aldehydes is 1. The Morgan fingerprint density at radius 3 is 2.92 bits per heavy atom. The first-order valence-electron chi connectivity index (χ1n) is 4.53. The molecule has 2 atom stereocenters. The first-order valence-corrected chi connectivity index (χ1v) is 4.53. The van der Waals surface area contributed by atoms with Gasteiger partial charge in [-0.05, 0) is 37.7 Å². The molecule has 0 spiro atoms. The fraction of sp³-hybridized carbons (Fsp3) is 0.700. The van der Waals surface area contributed by atoms with Crippen molar-refractivity contribution in [1.29, 1.82) is 0 Å². The van der Waals surface area contributed by atoms with Gasteiger partial charge in [0.2, 0.25) is 0 Å². The van der Waals surface area contributed by atoms with Gasteiger partial charge in [0.1, 0.15) is 6.29 Å². The van der Waals surface area contributed by atoms with Crippen LogP contribution < -0.4 is 0 Å². The van der Waals surface area contributed by atoms with Gasteiger partial charge < -0.3 is 4.74 Å². The van der Waals surface area contributed by atoms with Crippen molar-refractivity contribution < 1.29 is 9.53 Å². The molecule has 2 heteroatoms. The number of carbonyl (C=O) groups excluding carboxylic acids is 1. The molecule has 0 aromatic rings. The molecule has 12 heavy (non-hydrogen) atoms. The van der Waals surface area contributed by atoms with E-state index in [2.05, 4.69) is 13.0 Å². The van der Waals surface area contributed by atoms with Crippen molar-refractivity contribution in [2.24, 2.45) is 5.92 Å². The lowest BCUT2D eigenvalue weighted by atomic mass is 9.82. The van der Waals surface area contributed by atoms with Crippen LogP contribution in [0.4, 0.5) is 0 Å². The Morgan fingerprint density at radius 1 is 1.75 bits per heavy atom. The predicted octanol–water partition coefficient (Wildman–Crippen LogP) is 1.70. The van der Waals surface area contributed by atoms with Crippen LogP contribution >= 0.6 is 0 Å². The summed E-state index contributed by atoms with van der Waals surface area (Å²) < 4.78 is 5.39. The highest BCUT2D eigenvalue weighted by Crippen LogP contribution is 2.41. The average molecular weight is 166 g/mol. The van der Waals surface area contributed by atoms with Gasteiger partial charge in [-0.25, -0.2) is 0 Å². The van der Waals surface area contributed by atoms with Gasteiger partial charge in [-0.15, -0.1) is 0 Å². The number of hydrogen-bond donors (Lipinski definition) is 0. The van der Waals surface area contributed by atoms with Crippen LogP contribution in [0.15, 0.2) is 11.6 Å². The molecule has 1 aliphatic heterocycles. The zero-order valence-corrected chi connectivity index (χ0v) is 7.38. The maximum Gasteiger partial charge on any atom is 0.145 e. The van der Waals surface area contributed by atoms with Crippen LogP contribution in [0.2, 0.25) is 0 Å². The minimum atomic E-state index is 0.144. The third-order valence-electron chi connectivity index (χ3n) is 3.06. The lowest BCUT2D eigenvalue weighted by Crippen LogP contribution is -2.22. The van der Waals surface area contributed by atoms with E-state index in [0.29, 0.717) is 5.92 Å². The summed E-state index contributed by atoms with van der Waals surface area (Å²) >= 11 is 0. The maximum atomic E-state index is 10.4. The summed E-state index contributed by atoms with van der Waals surface area (Å²) in [6.45, 7) is 3.07. The van der Waals surface area contributed by atoms with E-state index < -0.39 is 0 Å². The minimum absolute atomic E-state index is 0.144. The van der Waals surface area contributed by atoms with Crippen LogP contribution in [0.5, 0.6) is 0 Å². The number of carbonyl (C=O) groups is 1. The quantitative estimate of drug-likeness (QED) is 0.461. The van der Waals surface area contributed by atoms with E-state index in [1.54, 1.807) is 0 Å². The highest BCUT2D eigenvalue weighted by Gasteiger charge is 2.46. The predicted molar refractivity (Wildman–Crippen MR) is 45.8 cm³/mol. The second-order valence-corrected chi connectivity index (χ2v) is 3.97. The summed E-state index contributed by atoms with van der Waals surface area (Å²) in [5.41, 5.74) is 1.11.